The normalized spacial score (nSPS) is 18.6. The number of nitrogens with zero attached hydrogens (tertiary/aromatic N) is 1. The SMILES string of the molecule is CC1CN(C(=O)c2ccc(CNC(=O)NCCc3ccccc3C(F)(F)F)cc2)CC(C)O1. The number of halogens is 3. The first-order valence-corrected chi connectivity index (χ1v) is 10.8. The van der Waals surface area contributed by atoms with Crippen LogP contribution < -0.4 is 10.6 Å². The number of morpholine rings is 1. The quantitative estimate of drug-likeness (QED) is 0.681. The van der Waals surface area contributed by atoms with Crippen molar-refractivity contribution in [1.29, 1.82) is 0 Å². The van der Waals surface area contributed by atoms with Gasteiger partial charge in [0, 0.05) is 31.7 Å². The first-order valence-electron chi connectivity index (χ1n) is 10.8. The van der Waals surface area contributed by atoms with Crippen LogP contribution in [-0.2, 0) is 23.9 Å². The number of hydrogen-bond acceptors (Lipinski definition) is 3. The van der Waals surface area contributed by atoms with Crippen LogP contribution in [0, 0.1) is 0 Å². The van der Waals surface area contributed by atoms with Crippen LogP contribution >= 0.6 is 0 Å². The summed E-state index contributed by atoms with van der Waals surface area (Å²) in [4.78, 5) is 26.5. The highest BCUT2D eigenvalue weighted by Crippen LogP contribution is 2.31. The number of amides is 3. The minimum atomic E-state index is -4.43. The summed E-state index contributed by atoms with van der Waals surface area (Å²) < 4.78 is 44.8. The molecule has 9 heteroatoms. The van der Waals surface area contributed by atoms with Crippen molar-refractivity contribution in [3.8, 4) is 0 Å². The molecule has 2 N–H and O–H groups in total. The van der Waals surface area contributed by atoms with Gasteiger partial charge in [-0.3, -0.25) is 4.79 Å². The lowest BCUT2D eigenvalue weighted by Crippen LogP contribution is -2.48. The molecule has 1 aliphatic heterocycles. The molecule has 33 heavy (non-hydrogen) atoms. The summed E-state index contributed by atoms with van der Waals surface area (Å²) in [5, 5.41) is 5.24. The molecule has 3 amide bonds. The van der Waals surface area contributed by atoms with Gasteiger partial charge in [-0.15, -0.1) is 0 Å². The molecule has 6 nitrogen and oxygen atoms in total. The second kappa shape index (κ2) is 10.7. The standard InChI is InChI=1S/C24H28F3N3O3/c1-16-14-30(15-17(2)33-16)22(31)20-9-7-18(8-10-20)13-29-23(32)28-12-11-19-5-3-4-6-21(19)24(25,26)27/h3-10,16-17H,11-15H2,1-2H3,(H2,28,29,32). The Labute approximate surface area is 191 Å². The van der Waals surface area contributed by atoms with Crippen molar-refractivity contribution in [2.45, 2.75) is 45.2 Å². The fourth-order valence-electron chi connectivity index (χ4n) is 3.86. The van der Waals surface area contributed by atoms with Gasteiger partial charge in [0.15, 0.2) is 0 Å². The number of urea groups is 1. The predicted molar refractivity (Wildman–Crippen MR) is 118 cm³/mol. The Morgan fingerprint density at radius 3 is 2.27 bits per heavy atom. The van der Waals surface area contributed by atoms with Crippen LogP contribution in [0.25, 0.3) is 0 Å². The molecule has 2 aromatic rings. The van der Waals surface area contributed by atoms with Gasteiger partial charge in [0.25, 0.3) is 5.91 Å². The van der Waals surface area contributed by atoms with Gasteiger partial charge in [0.05, 0.1) is 17.8 Å². The van der Waals surface area contributed by atoms with E-state index in [2.05, 4.69) is 10.6 Å². The molecule has 1 aliphatic rings. The summed E-state index contributed by atoms with van der Waals surface area (Å²) in [7, 11) is 0. The lowest BCUT2D eigenvalue weighted by atomic mass is 10.0. The Kier molecular flexibility index (Phi) is 7.97. The number of hydrogen-bond donors (Lipinski definition) is 2. The molecule has 2 aromatic carbocycles. The minimum absolute atomic E-state index is 0.0124. The Morgan fingerprint density at radius 1 is 1.00 bits per heavy atom. The molecule has 2 atom stereocenters. The zero-order valence-corrected chi connectivity index (χ0v) is 18.6. The highest BCUT2D eigenvalue weighted by atomic mass is 19.4. The van der Waals surface area contributed by atoms with Gasteiger partial charge in [-0.25, -0.2) is 4.79 Å². The zero-order valence-electron chi connectivity index (χ0n) is 18.6. The van der Waals surface area contributed by atoms with Gasteiger partial charge in [0.2, 0.25) is 0 Å². The number of nitrogens with one attached hydrogen (secondary N) is 2. The Morgan fingerprint density at radius 2 is 1.64 bits per heavy atom. The molecule has 0 radical (unpaired) electrons. The lowest BCUT2D eigenvalue weighted by molar-refractivity contribution is -0.138. The van der Waals surface area contributed by atoms with E-state index in [1.165, 1.54) is 12.1 Å². The van der Waals surface area contributed by atoms with E-state index in [1.807, 2.05) is 13.8 Å². The van der Waals surface area contributed by atoms with Gasteiger partial charge in [-0.05, 0) is 49.6 Å². The molecule has 0 aromatic heterocycles. The Balaban J connectivity index is 1.45. The van der Waals surface area contributed by atoms with Crippen molar-refractivity contribution in [3.63, 3.8) is 0 Å². The van der Waals surface area contributed by atoms with E-state index in [-0.39, 0.29) is 43.2 Å². The van der Waals surface area contributed by atoms with E-state index < -0.39 is 17.8 Å². The smallest absolute Gasteiger partial charge is 0.372 e. The van der Waals surface area contributed by atoms with Crippen molar-refractivity contribution in [1.82, 2.24) is 15.5 Å². The van der Waals surface area contributed by atoms with Crippen molar-refractivity contribution in [2.24, 2.45) is 0 Å². The number of alkyl halides is 3. The largest absolute Gasteiger partial charge is 0.416 e. The summed E-state index contributed by atoms with van der Waals surface area (Å²) in [5.41, 5.74) is 0.804. The molecule has 178 valence electrons. The molecule has 1 saturated heterocycles. The topological polar surface area (TPSA) is 70.7 Å². The Hall–Kier alpha value is -3.07. The number of carbonyl (C=O) groups is 2. The van der Waals surface area contributed by atoms with Crippen LogP contribution in [0.5, 0.6) is 0 Å². The van der Waals surface area contributed by atoms with Crippen LogP contribution in [-0.4, -0.2) is 48.7 Å². The first kappa shape index (κ1) is 24.6. The molecule has 2 unspecified atom stereocenters. The first-order chi connectivity index (χ1) is 15.6. The molecule has 3 rings (SSSR count). The van der Waals surface area contributed by atoms with Crippen molar-refractivity contribution >= 4 is 11.9 Å². The maximum Gasteiger partial charge on any atom is 0.416 e. The lowest BCUT2D eigenvalue weighted by Gasteiger charge is -2.35. The molecular formula is C24H28F3N3O3. The van der Waals surface area contributed by atoms with E-state index in [4.69, 9.17) is 4.74 Å². The monoisotopic (exact) mass is 463 g/mol. The fourth-order valence-corrected chi connectivity index (χ4v) is 3.86. The van der Waals surface area contributed by atoms with Crippen LogP contribution in [0.3, 0.4) is 0 Å². The molecule has 0 aliphatic carbocycles. The maximum atomic E-state index is 13.0. The maximum absolute atomic E-state index is 13.0. The van der Waals surface area contributed by atoms with Crippen molar-refractivity contribution in [2.75, 3.05) is 19.6 Å². The fraction of sp³-hybridized carbons (Fsp3) is 0.417. The van der Waals surface area contributed by atoms with Crippen LogP contribution in [0.1, 0.15) is 40.9 Å². The number of rotatable bonds is 6. The highest BCUT2D eigenvalue weighted by Gasteiger charge is 2.32. The van der Waals surface area contributed by atoms with Crippen molar-refractivity contribution < 1.29 is 27.5 Å². The average Bonchev–Trinajstić information content (AvgIpc) is 2.76. The molecule has 1 heterocycles. The van der Waals surface area contributed by atoms with Gasteiger partial charge in [-0.2, -0.15) is 13.2 Å². The minimum Gasteiger partial charge on any atom is -0.372 e. The van der Waals surface area contributed by atoms with E-state index in [1.54, 1.807) is 35.2 Å². The highest BCUT2D eigenvalue weighted by molar-refractivity contribution is 5.94. The summed E-state index contributed by atoms with van der Waals surface area (Å²) in [6, 6.07) is 11.8. The van der Waals surface area contributed by atoms with E-state index in [0.29, 0.717) is 18.7 Å². The van der Waals surface area contributed by atoms with E-state index in [9.17, 15) is 22.8 Å². The van der Waals surface area contributed by atoms with Gasteiger partial charge < -0.3 is 20.3 Å². The molecule has 1 fully saturated rings. The third-order valence-corrected chi connectivity index (χ3v) is 5.36. The second-order valence-corrected chi connectivity index (χ2v) is 8.18. The zero-order chi connectivity index (χ0) is 24.0. The van der Waals surface area contributed by atoms with E-state index in [0.717, 1.165) is 11.6 Å². The van der Waals surface area contributed by atoms with Crippen molar-refractivity contribution in [3.05, 3.63) is 70.8 Å². The molecule has 0 bridgehead atoms. The van der Waals surface area contributed by atoms with Gasteiger partial charge in [0.1, 0.15) is 0 Å². The molecule has 0 spiro atoms. The average molecular weight is 464 g/mol. The summed E-state index contributed by atoms with van der Waals surface area (Å²) >= 11 is 0. The summed E-state index contributed by atoms with van der Waals surface area (Å²) in [5.74, 6) is -0.0617. The second-order valence-electron chi connectivity index (χ2n) is 8.18. The molecular weight excluding hydrogens is 435 g/mol. The third-order valence-electron chi connectivity index (χ3n) is 5.36. The van der Waals surface area contributed by atoms with Gasteiger partial charge >= 0.3 is 12.2 Å². The van der Waals surface area contributed by atoms with E-state index >= 15 is 0 Å². The Bertz CT molecular complexity index is 953. The van der Waals surface area contributed by atoms with Crippen LogP contribution in [0.4, 0.5) is 18.0 Å². The number of ether oxygens (including phenoxy) is 1. The van der Waals surface area contributed by atoms with Crippen LogP contribution in [0.2, 0.25) is 0 Å². The van der Waals surface area contributed by atoms with Gasteiger partial charge in [-0.1, -0.05) is 30.3 Å². The third kappa shape index (κ3) is 6.95. The predicted octanol–water partition coefficient (Wildman–Crippen LogP) is 4.00. The summed E-state index contributed by atoms with van der Waals surface area (Å²) in [6.07, 6.45) is -4.38. The van der Waals surface area contributed by atoms with Crippen LogP contribution in [0.15, 0.2) is 48.5 Å². The molecule has 0 saturated carbocycles. The summed E-state index contributed by atoms with van der Waals surface area (Å²) in [6.45, 7) is 5.25. The number of carbonyl (C=O) groups excluding carboxylic acids is 2. The number of benzene rings is 2.